The zero-order valence-electron chi connectivity index (χ0n) is 48.8. The Bertz CT molecular complexity index is 3700. The number of hydrogen-bond donors (Lipinski definition) is 3. The number of carbonyl (C=O) groups is 6. The molecule has 2 atom stereocenters. The first-order valence-electron chi connectivity index (χ1n) is 29.2. The maximum absolute atomic E-state index is 13.7. The molecule has 7 aromatic rings. The average molecular weight is 1190 g/mol. The number of nitrogens with one attached hydrogen (secondary N) is 2. The lowest BCUT2D eigenvalue weighted by atomic mass is 9.39. The van der Waals surface area contributed by atoms with Crippen LogP contribution in [-0.4, -0.2) is 134 Å². The first-order chi connectivity index (χ1) is 41.4. The summed E-state index contributed by atoms with van der Waals surface area (Å²) >= 11 is 1.39. The number of unbranched alkanes of at least 4 members (excludes halogenated alkanes) is 2. The second kappa shape index (κ2) is 24.9. The van der Waals surface area contributed by atoms with Gasteiger partial charge >= 0.3 is 12.1 Å². The van der Waals surface area contributed by atoms with Gasteiger partial charge in [0, 0.05) is 91.3 Å². The van der Waals surface area contributed by atoms with Crippen molar-refractivity contribution in [2.75, 3.05) is 58.4 Å². The molecule has 4 fully saturated rings. The van der Waals surface area contributed by atoms with Crippen LogP contribution in [0, 0.1) is 29.2 Å². The number of anilines is 1. The number of likely N-dealkylation sites (N-methyl/N-ethyl adjacent to an activating group) is 1. The van der Waals surface area contributed by atoms with E-state index < -0.39 is 12.1 Å². The number of pyridine rings is 2. The summed E-state index contributed by atoms with van der Waals surface area (Å²) in [6.07, 6.45) is 13.7. The highest BCUT2D eigenvalue weighted by Gasteiger charge is 2.66. The molecule has 4 aromatic heterocycles. The summed E-state index contributed by atoms with van der Waals surface area (Å²) in [4.78, 5) is 92.0. The van der Waals surface area contributed by atoms with Crippen LogP contribution in [0.2, 0.25) is 0 Å². The zero-order chi connectivity index (χ0) is 60.2. The topological polar surface area (TPSA) is 247 Å². The number of nitrogens with zero attached hydrogens (tertiary/aromatic N) is 7. The van der Waals surface area contributed by atoms with Crippen LogP contribution < -0.4 is 15.4 Å². The summed E-state index contributed by atoms with van der Waals surface area (Å²) in [5.41, 5.74) is 4.89. The molecule has 4 bridgehead atoms. The Hall–Kier alpha value is -8.40. The number of benzene rings is 3. The SMILES string of the molecule is Cc1c(-c2ccc(-c3cnc4cccc(C(=O)Nc5nc6ccccc6s5)c4c3)nc2C(=O)O)cnn1CC12CC3(C)CC(C)(C1)CC(OCCN(C)C(=O)OCc1[c]cc(OCCOCCNC(=O)CCCCCN4C(=O)C=CC4=O)cc1)(C3)C2. The molecule has 5 heterocycles. The molecule has 21 heteroatoms. The van der Waals surface area contributed by atoms with Gasteiger partial charge in [0.2, 0.25) is 5.91 Å². The van der Waals surface area contributed by atoms with Crippen LogP contribution in [0.3, 0.4) is 0 Å². The fourth-order valence-corrected chi connectivity index (χ4v) is 15.2. The van der Waals surface area contributed by atoms with E-state index in [1.807, 2.05) is 48.0 Å². The minimum atomic E-state index is -1.18. The monoisotopic (exact) mass is 1180 g/mol. The maximum atomic E-state index is 13.7. The molecule has 447 valence electrons. The first kappa shape index (κ1) is 59.3. The van der Waals surface area contributed by atoms with Crippen LogP contribution in [0.1, 0.15) is 110 Å². The van der Waals surface area contributed by atoms with Crippen LogP contribution in [-0.2, 0) is 41.7 Å². The van der Waals surface area contributed by atoms with Crippen molar-refractivity contribution in [2.45, 2.75) is 104 Å². The quantitative estimate of drug-likeness (QED) is 0.0337. The highest BCUT2D eigenvalue weighted by molar-refractivity contribution is 7.22. The lowest BCUT2D eigenvalue weighted by Crippen LogP contribution is -2.64. The van der Waals surface area contributed by atoms with Crippen molar-refractivity contribution in [1.29, 1.82) is 0 Å². The molecule has 5 amide bonds. The van der Waals surface area contributed by atoms with E-state index >= 15 is 0 Å². The van der Waals surface area contributed by atoms with Crippen LogP contribution in [0.25, 0.3) is 43.5 Å². The van der Waals surface area contributed by atoms with E-state index in [9.17, 15) is 33.9 Å². The van der Waals surface area contributed by atoms with Gasteiger partial charge in [-0.3, -0.25) is 39.1 Å². The Labute approximate surface area is 502 Å². The summed E-state index contributed by atoms with van der Waals surface area (Å²) in [6, 6.07) is 26.8. The van der Waals surface area contributed by atoms with Crippen LogP contribution in [0.15, 0.2) is 103 Å². The number of carbonyl (C=O) groups excluding carboxylic acids is 5. The normalized spacial score (nSPS) is 21.1. The lowest BCUT2D eigenvalue weighted by Gasteiger charge is -2.69. The predicted octanol–water partition coefficient (Wildman–Crippen LogP) is 10.2. The molecule has 3 aromatic carbocycles. The molecule has 86 heavy (non-hydrogen) atoms. The Balaban J connectivity index is 0.643. The molecule has 3 N–H and O–H groups in total. The lowest BCUT2D eigenvalue weighted by molar-refractivity contribution is -0.248. The number of rotatable bonds is 26. The summed E-state index contributed by atoms with van der Waals surface area (Å²) in [7, 11) is 1.71. The highest BCUT2D eigenvalue weighted by atomic mass is 32.1. The molecule has 1 radical (unpaired) electrons. The van der Waals surface area contributed by atoms with E-state index in [1.54, 1.807) is 61.9 Å². The molecule has 4 saturated carbocycles. The van der Waals surface area contributed by atoms with Crippen molar-refractivity contribution in [1.82, 2.24) is 39.8 Å². The third-order valence-corrected chi connectivity index (χ3v) is 18.0. The Morgan fingerprint density at radius 3 is 2.38 bits per heavy atom. The van der Waals surface area contributed by atoms with Gasteiger partial charge in [0.05, 0.1) is 53.0 Å². The second-order valence-electron chi connectivity index (χ2n) is 24.3. The standard InChI is InChI=1S/C65H70N9O11S/c1-42-49(46-20-21-50(69-57(46)59(79)80)44-31-48-47(11-10-13-51(48)67-32-44)58(78)71-60-70-52-12-7-8-14-53(52)86-60)33-68-74(42)41-64-36-62(2)35-63(3,37-64)39-65(38-62,40-64)85-28-26-72(4)61(81)84-34-43-16-18-45(19-17-43)83-30-29-82-27-24-66-54(75)15-6-5-9-25-73-55(76)22-23-56(73)77/h7-8,10-14,16,18-23,31-33H,5-6,9,15,24-30,34-41H2,1-4H3,(H,66,75)(H,79,80)(H,70,71,78). The van der Waals surface area contributed by atoms with E-state index in [0.29, 0.717) is 127 Å². The summed E-state index contributed by atoms with van der Waals surface area (Å²) in [5.74, 6) is -1.58. The number of carboxylic acids is 1. The van der Waals surface area contributed by atoms with Crippen molar-refractivity contribution < 1.29 is 52.8 Å². The number of fused-ring (bicyclic) bond motifs is 2. The first-order valence-corrected chi connectivity index (χ1v) is 30.0. The minimum absolute atomic E-state index is 0.0364. The molecule has 5 aliphatic rings. The van der Waals surface area contributed by atoms with E-state index in [-0.39, 0.29) is 57.8 Å². The van der Waals surface area contributed by atoms with Crippen molar-refractivity contribution in [2.24, 2.45) is 16.2 Å². The van der Waals surface area contributed by atoms with Gasteiger partial charge in [-0.05, 0) is 141 Å². The van der Waals surface area contributed by atoms with E-state index in [0.717, 1.165) is 60.9 Å². The minimum Gasteiger partial charge on any atom is -0.491 e. The molecule has 12 rings (SSSR count). The third-order valence-electron chi connectivity index (χ3n) is 17.0. The van der Waals surface area contributed by atoms with Crippen molar-refractivity contribution in [3.63, 3.8) is 0 Å². The largest absolute Gasteiger partial charge is 0.491 e. The summed E-state index contributed by atoms with van der Waals surface area (Å²) < 4.78 is 27.0. The number of thiazole rings is 1. The number of imide groups is 1. The number of amides is 5. The Morgan fingerprint density at radius 2 is 1.62 bits per heavy atom. The maximum Gasteiger partial charge on any atom is 0.409 e. The fourth-order valence-electron chi connectivity index (χ4n) is 14.3. The number of aromatic nitrogens is 5. The Kier molecular flexibility index (Phi) is 17.2. The van der Waals surface area contributed by atoms with Gasteiger partial charge < -0.3 is 34.3 Å². The number of hydrogen-bond acceptors (Lipinski definition) is 15. The van der Waals surface area contributed by atoms with Gasteiger partial charge in [-0.1, -0.05) is 55.9 Å². The van der Waals surface area contributed by atoms with Crippen LogP contribution >= 0.6 is 11.3 Å². The van der Waals surface area contributed by atoms with Gasteiger partial charge in [-0.15, -0.1) is 0 Å². The van der Waals surface area contributed by atoms with Crippen molar-refractivity contribution in [3.05, 3.63) is 132 Å². The van der Waals surface area contributed by atoms with Gasteiger partial charge in [0.25, 0.3) is 17.7 Å². The van der Waals surface area contributed by atoms with Crippen LogP contribution in [0.5, 0.6) is 5.75 Å². The molecule has 2 unspecified atom stereocenters. The van der Waals surface area contributed by atoms with E-state index in [2.05, 4.69) is 40.5 Å². The number of para-hydroxylation sites is 1. The molecule has 20 nitrogen and oxygen atoms in total. The fraction of sp³-hybridized carbons (Fsp3) is 0.415. The smallest absolute Gasteiger partial charge is 0.409 e. The zero-order valence-corrected chi connectivity index (χ0v) is 49.6. The van der Waals surface area contributed by atoms with Crippen molar-refractivity contribution in [3.8, 4) is 28.1 Å². The molecule has 0 saturated heterocycles. The highest BCUT2D eigenvalue weighted by Crippen LogP contribution is 2.72. The molecular formula is C65H70N9O11S. The summed E-state index contributed by atoms with van der Waals surface area (Å²) in [5, 5.41) is 22.4. The molecular weight excluding hydrogens is 1110 g/mol. The third kappa shape index (κ3) is 13.3. The van der Waals surface area contributed by atoms with Crippen molar-refractivity contribution >= 4 is 73.3 Å². The van der Waals surface area contributed by atoms with E-state index in [1.165, 1.54) is 33.3 Å². The van der Waals surface area contributed by atoms with Gasteiger partial charge in [0.15, 0.2) is 10.8 Å². The molecule has 0 spiro atoms. The molecule has 1 aliphatic heterocycles. The number of carboxylic acid groups (broad SMARTS) is 1. The number of aromatic carboxylic acids is 1. The Morgan fingerprint density at radius 1 is 0.826 bits per heavy atom. The summed E-state index contributed by atoms with van der Waals surface area (Å²) in [6.45, 7) is 9.81. The van der Waals surface area contributed by atoms with Gasteiger partial charge in [-0.25, -0.2) is 19.6 Å². The average Bonchev–Trinajstić information content (AvgIpc) is 0.792. The van der Waals surface area contributed by atoms with Gasteiger partial charge in [0.1, 0.15) is 19.0 Å². The second-order valence-corrected chi connectivity index (χ2v) is 25.3. The molecule has 4 aliphatic carbocycles. The van der Waals surface area contributed by atoms with E-state index in [4.69, 9.17) is 29.0 Å². The van der Waals surface area contributed by atoms with Crippen LogP contribution in [0.4, 0.5) is 9.93 Å². The number of ether oxygens (including phenoxy) is 4. The predicted molar refractivity (Wildman–Crippen MR) is 322 cm³/mol. The van der Waals surface area contributed by atoms with Gasteiger partial charge in [-0.2, -0.15) is 5.10 Å².